The molecule has 0 amide bonds. The van der Waals surface area contributed by atoms with E-state index in [0.717, 1.165) is 0 Å². The van der Waals surface area contributed by atoms with Crippen molar-refractivity contribution in [3.8, 4) is 0 Å². The molecule has 0 spiro atoms. The fourth-order valence-corrected chi connectivity index (χ4v) is 5.41. The Balaban J connectivity index is 1.33. The lowest BCUT2D eigenvalue weighted by molar-refractivity contribution is -0.317. The van der Waals surface area contributed by atoms with Crippen molar-refractivity contribution in [3.63, 3.8) is 0 Å². The minimum atomic E-state index is -1.60. The van der Waals surface area contributed by atoms with Gasteiger partial charge >= 0.3 is 0 Å². The first-order chi connectivity index (χ1) is 21.2. The van der Waals surface area contributed by atoms with Gasteiger partial charge in [0.1, 0.15) is 73.2 Å². The summed E-state index contributed by atoms with van der Waals surface area (Å²) >= 11 is 0. The van der Waals surface area contributed by atoms with Crippen LogP contribution in [-0.2, 0) is 33.2 Å². The molecule has 4 rings (SSSR count). The summed E-state index contributed by atoms with van der Waals surface area (Å²) in [7, 11) is 0. The second-order valence-electron chi connectivity index (χ2n) is 11.6. The van der Waals surface area contributed by atoms with E-state index in [-0.39, 0.29) is 0 Å². The average Bonchev–Trinajstić information content (AvgIpc) is 3.02. The number of rotatable bonds is 10. The van der Waals surface area contributed by atoms with E-state index in [0.29, 0.717) is 0 Å². The van der Waals surface area contributed by atoms with Crippen LogP contribution in [-0.4, -0.2) is 200 Å². The molecule has 21 heteroatoms. The summed E-state index contributed by atoms with van der Waals surface area (Å²) in [6.45, 7) is -2.09. The van der Waals surface area contributed by atoms with E-state index < -0.39 is 149 Å². The van der Waals surface area contributed by atoms with E-state index in [2.05, 4.69) is 0 Å². The van der Waals surface area contributed by atoms with Crippen LogP contribution in [0.3, 0.4) is 0 Å². The molecule has 20 atom stereocenters. The van der Waals surface area contributed by atoms with Crippen molar-refractivity contribution in [2.75, 3.05) is 26.4 Å². The molecular weight excluding hydrogens is 616 g/mol. The fraction of sp³-hybridized carbons (Fsp3) is 1.00. The Morgan fingerprint density at radius 3 is 1.04 bits per heavy atom. The summed E-state index contributed by atoms with van der Waals surface area (Å²) in [6.07, 6.45) is -23.2. The van der Waals surface area contributed by atoms with Gasteiger partial charge in [-0.3, -0.25) is 0 Å². The molecule has 18 N–H and O–H groups in total. The Labute approximate surface area is 256 Å². The standard InChI is InChI=1S/C24H46N4O17/c25-9-17(34)14(31)6(42-21(9)38)2-39-23-11(27)19(36)16(33)8(44-23)4-41-24-12(28)20(37)15(32)7(45-24)3-40-22-10(26)18(35)13(30)5(1-29)43-22/h5-24,29-38H,1-4,25-28H2. The predicted octanol–water partition coefficient (Wildman–Crippen LogP) is -9.88. The Hall–Kier alpha value is -0.840. The maximum atomic E-state index is 10.6. The first-order valence-corrected chi connectivity index (χ1v) is 14.4. The van der Waals surface area contributed by atoms with Crippen LogP contribution in [0.15, 0.2) is 0 Å². The summed E-state index contributed by atoms with van der Waals surface area (Å²) in [6, 6.07) is -5.10. The van der Waals surface area contributed by atoms with E-state index >= 15 is 0 Å². The third kappa shape index (κ3) is 7.91. The summed E-state index contributed by atoms with van der Waals surface area (Å²) in [5.41, 5.74) is 23.4. The molecule has 0 saturated carbocycles. The van der Waals surface area contributed by atoms with Gasteiger partial charge in [-0.2, -0.15) is 0 Å². The van der Waals surface area contributed by atoms with Crippen molar-refractivity contribution in [1.82, 2.24) is 0 Å². The van der Waals surface area contributed by atoms with Gasteiger partial charge in [-0.15, -0.1) is 0 Å². The molecule has 4 aliphatic rings. The summed E-state index contributed by atoms with van der Waals surface area (Å²) in [5.74, 6) is 0. The van der Waals surface area contributed by atoms with E-state index in [1.807, 2.05) is 0 Å². The molecule has 21 nitrogen and oxygen atoms in total. The normalized spacial score (nSPS) is 52.9. The molecule has 264 valence electrons. The molecule has 4 saturated heterocycles. The summed E-state index contributed by atoms with van der Waals surface area (Å²) in [5, 5.41) is 102. The van der Waals surface area contributed by atoms with Crippen LogP contribution in [0.5, 0.6) is 0 Å². The van der Waals surface area contributed by atoms with E-state index in [1.54, 1.807) is 0 Å². The molecule has 0 radical (unpaired) electrons. The van der Waals surface area contributed by atoms with Crippen LogP contribution >= 0.6 is 0 Å². The molecule has 0 aromatic rings. The van der Waals surface area contributed by atoms with Gasteiger partial charge in [0.15, 0.2) is 25.2 Å². The Morgan fingerprint density at radius 2 is 0.689 bits per heavy atom. The van der Waals surface area contributed by atoms with Crippen LogP contribution in [0, 0.1) is 0 Å². The molecule has 4 heterocycles. The van der Waals surface area contributed by atoms with Gasteiger partial charge in [0.2, 0.25) is 0 Å². The van der Waals surface area contributed by atoms with Gasteiger partial charge in [-0.25, -0.2) is 0 Å². The zero-order valence-electron chi connectivity index (χ0n) is 24.0. The second kappa shape index (κ2) is 15.6. The van der Waals surface area contributed by atoms with Crippen molar-refractivity contribution >= 4 is 0 Å². The van der Waals surface area contributed by atoms with Crippen LogP contribution < -0.4 is 22.9 Å². The predicted molar refractivity (Wildman–Crippen MR) is 142 cm³/mol. The largest absolute Gasteiger partial charge is 0.394 e. The van der Waals surface area contributed by atoms with Crippen molar-refractivity contribution < 1.29 is 84.2 Å². The SMILES string of the molecule is NC1C(O)OC(COC2OC(COC3OC(COC4OC(CO)C(O)C(O)C4N)C(O)C(O)C3N)C(O)C(O)C2N)C(O)C1O. The lowest BCUT2D eigenvalue weighted by atomic mass is 9.96. The Kier molecular flexibility index (Phi) is 12.8. The van der Waals surface area contributed by atoms with Crippen LogP contribution in [0.1, 0.15) is 0 Å². The minimum Gasteiger partial charge on any atom is -0.394 e. The maximum absolute atomic E-state index is 10.6. The number of hydrogen-bond acceptors (Lipinski definition) is 21. The van der Waals surface area contributed by atoms with Gasteiger partial charge in [-0.05, 0) is 0 Å². The maximum Gasteiger partial charge on any atom is 0.175 e. The second-order valence-corrected chi connectivity index (χ2v) is 11.6. The average molecular weight is 663 g/mol. The third-order valence-corrected chi connectivity index (χ3v) is 8.47. The van der Waals surface area contributed by atoms with Crippen LogP contribution in [0.4, 0.5) is 0 Å². The fourth-order valence-electron chi connectivity index (χ4n) is 5.41. The van der Waals surface area contributed by atoms with E-state index in [1.165, 1.54) is 0 Å². The molecular formula is C24H46N4O17. The zero-order chi connectivity index (χ0) is 33.3. The topological polar surface area (TPSA) is 371 Å². The van der Waals surface area contributed by atoms with Gasteiger partial charge in [0.05, 0.1) is 50.6 Å². The lowest BCUT2D eigenvalue weighted by Crippen LogP contribution is -2.66. The number of hydrogen-bond donors (Lipinski definition) is 14. The lowest BCUT2D eigenvalue weighted by Gasteiger charge is -2.45. The number of aliphatic hydroxyl groups is 10. The highest BCUT2D eigenvalue weighted by atomic mass is 16.7. The van der Waals surface area contributed by atoms with Gasteiger partial charge in [0.25, 0.3) is 0 Å². The van der Waals surface area contributed by atoms with E-state index in [4.69, 9.17) is 56.1 Å². The molecule has 0 aromatic heterocycles. The first-order valence-electron chi connectivity index (χ1n) is 14.4. The van der Waals surface area contributed by atoms with Crippen LogP contribution in [0.25, 0.3) is 0 Å². The first kappa shape index (κ1) is 37.0. The monoisotopic (exact) mass is 662 g/mol. The van der Waals surface area contributed by atoms with Crippen molar-refractivity contribution in [2.45, 2.75) is 123 Å². The highest BCUT2D eigenvalue weighted by Gasteiger charge is 2.49. The summed E-state index contributed by atoms with van der Waals surface area (Å²) in [4.78, 5) is 0. The van der Waals surface area contributed by atoms with Gasteiger partial charge in [0, 0.05) is 0 Å². The molecule has 4 aliphatic heterocycles. The minimum absolute atomic E-state index is 0.470. The molecule has 0 bridgehead atoms. The smallest absolute Gasteiger partial charge is 0.175 e. The van der Waals surface area contributed by atoms with Gasteiger partial charge < -0.3 is 107 Å². The van der Waals surface area contributed by atoms with Gasteiger partial charge in [-0.1, -0.05) is 0 Å². The Morgan fingerprint density at radius 1 is 0.400 bits per heavy atom. The molecule has 20 unspecified atom stereocenters. The molecule has 45 heavy (non-hydrogen) atoms. The zero-order valence-corrected chi connectivity index (χ0v) is 24.0. The number of nitrogens with two attached hydrogens (primary N) is 4. The van der Waals surface area contributed by atoms with Crippen LogP contribution in [0.2, 0.25) is 0 Å². The number of aliphatic hydroxyl groups excluding tert-OH is 10. The third-order valence-electron chi connectivity index (χ3n) is 8.47. The van der Waals surface area contributed by atoms with E-state index in [9.17, 15) is 51.1 Å². The van der Waals surface area contributed by atoms with Crippen molar-refractivity contribution in [1.29, 1.82) is 0 Å². The molecule has 4 fully saturated rings. The quantitative estimate of drug-likeness (QED) is 0.103. The molecule has 0 aliphatic carbocycles. The van der Waals surface area contributed by atoms with Crippen molar-refractivity contribution in [3.05, 3.63) is 0 Å². The number of ether oxygens (including phenoxy) is 7. The Bertz CT molecular complexity index is 931. The summed E-state index contributed by atoms with van der Waals surface area (Å²) < 4.78 is 38.6. The highest BCUT2D eigenvalue weighted by molar-refractivity contribution is 4.96. The van der Waals surface area contributed by atoms with Crippen molar-refractivity contribution in [2.24, 2.45) is 22.9 Å². The highest BCUT2D eigenvalue weighted by Crippen LogP contribution is 2.27. The molecule has 0 aromatic carbocycles.